The molecule has 4 aromatic rings. The molecule has 1 heterocycles. The maximum atomic E-state index is 14.5. The number of para-hydroxylation sites is 1. The third-order valence-electron chi connectivity index (χ3n) is 5.07. The summed E-state index contributed by atoms with van der Waals surface area (Å²) in [6, 6.07) is 22.5. The molecule has 0 spiro atoms. The zero-order valence-electron chi connectivity index (χ0n) is 16.8. The molecule has 0 atom stereocenters. The topological polar surface area (TPSA) is 37.0 Å². The van der Waals surface area contributed by atoms with Crippen LogP contribution in [0.15, 0.2) is 72.8 Å². The summed E-state index contributed by atoms with van der Waals surface area (Å²) in [5.41, 5.74) is 3.56. The molecule has 0 aliphatic carbocycles. The van der Waals surface area contributed by atoms with Crippen LogP contribution in [0.5, 0.6) is 0 Å². The predicted molar refractivity (Wildman–Crippen MR) is 129 cm³/mol. The van der Waals surface area contributed by atoms with E-state index in [0.717, 1.165) is 34.0 Å². The normalized spacial score (nSPS) is 10.9. The summed E-state index contributed by atoms with van der Waals surface area (Å²) < 4.78 is 14.5. The average molecular weight is 454 g/mol. The fourth-order valence-corrected chi connectivity index (χ4v) is 3.68. The van der Waals surface area contributed by atoms with Gasteiger partial charge in [-0.3, -0.25) is 0 Å². The number of pyridine rings is 1. The molecule has 1 aromatic heterocycles. The van der Waals surface area contributed by atoms with Crippen LogP contribution in [0.3, 0.4) is 0 Å². The van der Waals surface area contributed by atoms with Crippen molar-refractivity contribution in [3.8, 4) is 0 Å². The van der Waals surface area contributed by atoms with Gasteiger partial charge >= 0.3 is 0 Å². The monoisotopic (exact) mass is 453 g/mol. The highest BCUT2D eigenvalue weighted by atomic mass is 35.5. The standard InChI is InChI=1S/C25H22Cl2FN3/c26-19-8-4-17(5-9-19)12-14-29-23-16-24(31-25-21(23)2-1-3-22(25)28)30-15-13-18-6-10-20(27)11-7-18/h1-11,16H,12-15H2,(H2,29,30,31). The third-order valence-corrected chi connectivity index (χ3v) is 5.57. The van der Waals surface area contributed by atoms with Gasteiger partial charge in [0.1, 0.15) is 17.2 Å². The molecule has 0 aliphatic heterocycles. The van der Waals surface area contributed by atoms with Gasteiger partial charge in [-0.25, -0.2) is 9.37 Å². The van der Waals surface area contributed by atoms with Gasteiger partial charge in [0.05, 0.1) is 0 Å². The van der Waals surface area contributed by atoms with Crippen LogP contribution in [0.1, 0.15) is 11.1 Å². The van der Waals surface area contributed by atoms with E-state index in [4.69, 9.17) is 23.2 Å². The highest BCUT2D eigenvalue weighted by Gasteiger charge is 2.09. The van der Waals surface area contributed by atoms with Gasteiger partial charge in [-0.1, -0.05) is 59.6 Å². The molecule has 0 radical (unpaired) electrons. The van der Waals surface area contributed by atoms with Crippen molar-refractivity contribution in [1.82, 2.24) is 4.98 Å². The lowest BCUT2D eigenvalue weighted by atomic mass is 10.1. The molecule has 2 N–H and O–H groups in total. The molecule has 0 bridgehead atoms. The molecule has 3 nitrogen and oxygen atoms in total. The summed E-state index contributed by atoms with van der Waals surface area (Å²) in [6.07, 6.45) is 1.64. The van der Waals surface area contributed by atoms with Crippen LogP contribution in [0.25, 0.3) is 10.9 Å². The van der Waals surface area contributed by atoms with Crippen LogP contribution in [-0.4, -0.2) is 18.1 Å². The summed E-state index contributed by atoms with van der Waals surface area (Å²) in [4.78, 5) is 4.49. The summed E-state index contributed by atoms with van der Waals surface area (Å²) in [6.45, 7) is 1.39. The van der Waals surface area contributed by atoms with E-state index in [0.29, 0.717) is 24.4 Å². The van der Waals surface area contributed by atoms with E-state index < -0.39 is 0 Å². The maximum Gasteiger partial charge on any atom is 0.149 e. The molecule has 0 fully saturated rings. The minimum Gasteiger partial charge on any atom is -0.384 e. The molecule has 3 aromatic carbocycles. The van der Waals surface area contributed by atoms with E-state index in [1.165, 1.54) is 17.2 Å². The first-order valence-corrected chi connectivity index (χ1v) is 10.9. The van der Waals surface area contributed by atoms with E-state index in [-0.39, 0.29) is 5.82 Å². The first-order chi connectivity index (χ1) is 15.1. The first kappa shape index (κ1) is 21.4. The Labute approximate surface area is 191 Å². The van der Waals surface area contributed by atoms with Crippen LogP contribution in [0.4, 0.5) is 15.9 Å². The Morgan fingerprint density at radius 2 is 1.32 bits per heavy atom. The third kappa shape index (κ3) is 5.66. The van der Waals surface area contributed by atoms with E-state index >= 15 is 0 Å². The molecule has 0 saturated carbocycles. The molecule has 0 aliphatic rings. The Balaban J connectivity index is 1.47. The molecule has 31 heavy (non-hydrogen) atoms. The molecular formula is C25H22Cl2FN3. The van der Waals surface area contributed by atoms with Crippen molar-refractivity contribution < 1.29 is 4.39 Å². The van der Waals surface area contributed by atoms with Crippen molar-refractivity contribution in [1.29, 1.82) is 0 Å². The van der Waals surface area contributed by atoms with Crippen molar-refractivity contribution in [3.63, 3.8) is 0 Å². The molecule has 0 unspecified atom stereocenters. The van der Waals surface area contributed by atoms with Gasteiger partial charge in [-0.15, -0.1) is 0 Å². The number of fused-ring (bicyclic) bond motifs is 1. The van der Waals surface area contributed by atoms with Crippen LogP contribution in [0.2, 0.25) is 10.0 Å². The summed E-state index contributed by atoms with van der Waals surface area (Å²) in [5.74, 6) is 0.306. The smallest absolute Gasteiger partial charge is 0.149 e. The number of rotatable bonds is 8. The largest absolute Gasteiger partial charge is 0.384 e. The molecule has 4 rings (SSSR count). The number of aromatic nitrogens is 1. The van der Waals surface area contributed by atoms with Gasteiger partial charge in [0, 0.05) is 40.3 Å². The lowest BCUT2D eigenvalue weighted by Crippen LogP contribution is -2.09. The summed E-state index contributed by atoms with van der Waals surface area (Å²) in [7, 11) is 0. The molecule has 158 valence electrons. The van der Waals surface area contributed by atoms with Gasteiger partial charge in [0.25, 0.3) is 0 Å². The van der Waals surface area contributed by atoms with E-state index in [1.54, 1.807) is 6.07 Å². The zero-order chi connectivity index (χ0) is 21.6. The van der Waals surface area contributed by atoms with Crippen molar-refractivity contribution >= 4 is 45.6 Å². The van der Waals surface area contributed by atoms with Crippen molar-refractivity contribution in [2.75, 3.05) is 23.7 Å². The van der Waals surface area contributed by atoms with Gasteiger partial charge < -0.3 is 10.6 Å². The summed E-state index contributed by atoms with van der Waals surface area (Å²) >= 11 is 11.9. The van der Waals surface area contributed by atoms with Crippen molar-refractivity contribution in [3.05, 3.63) is 99.8 Å². The number of halogens is 3. The highest BCUT2D eigenvalue weighted by Crippen LogP contribution is 2.27. The molecule has 6 heteroatoms. The Kier molecular flexibility index (Phi) is 6.90. The maximum absolute atomic E-state index is 14.5. The van der Waals surface area contributed by atoms with Crippen LogP contribution >= 0.6 is 23.2 Å². The number of nitrogens with zero attached hydrogens (tertiary/aromatic N) is 1. The average Bonchev–Trinajstić information content (AvgIpc) is 2.77. The quantitative estimate of drug-likeness (QED) is 0.301. The Morgan fingerprint density at radius 3 is 1.94 bits per heavy atom. The first-order valence-electron chi connectivity index (χ1n) is 10.1. The second-order valence-corrected chi connectivity index (χ2v) is 8.17. The van der Waals surface area contributed by atoms with Crippen LogP contribution in [-0.2, 0) is 12.8 Å². The Hall–Kier alpha value is -2.82. The fourth-order valence-electron chi connectivity index (χ4n) is 3.43. The van der Waals surface area contributed by atoms with Crippen LogP contribution < -0.4 is 10.6 Å². The predicted octanol–water partition coefficient (Wildman–Crippen LogP) is 6.99. The van der Waals surface area contributed by atoms with Crippen molar-refractivity contribution in [2.24, 2.45) is 0 Å². The second kappa shape index (κ2) is 9.99. The molecule has 0 saturated heterocycles. The highest BCUT2D eigenvalue weighted by molar-refractivity contribution is 6.30. The van der Waals surface area contributed by atoms with E-state index in [1.807, 2.05) is 60.7 Å². The van der Waals surface area contributed by atoms with Gasteiger partial charge in [-0.2, -0.15) is 0 Å². The number of nitrogens with one attached hydrogen (secondary N) is 2. The SMILES string of the molecule is Fc1cccc2c(NCCc3ccc(Cl)cc3)cc(NCCc3ccc(Cl)cc3)nc12. The lowest BCUT2D eigenvalue weighted by molar-refractivity contribution is 0.637. The van der Waals surface area contributed by atoms with E-state index in [2.05, 4.69) is 15.6 Å². The number of benzene rings is 3. The Morgan fingerprint density at radius 1 is 0.742 bits per heavy atom. The minimum atomic E-state index is -0.334. The fraction of sp³-hybridized carbons (Fsp3) is 0.160. The lowest BCUT2D eigenvalue weighted by Gasteiger charge is -2.14. The minimum absolute atomic E-state index is 0.334. The van der Waals surface area contributed by atoms with Gasteiger partial charge in [-0.05, 0) is 54.3 Å². The van der Waals surface area contributed by atoms with Crippen molar-refractivity contribution in [2.45, 2.75) is 12.8 Å². The number of hydrogen-bond acceptors (Lipinski definition) is 3. The summed E-state index contributed by atoms with van der Waals surface area (Å²) in [5, 5.41) is 8.96. The number of hydrogen-bond donors (Lipinski definition) is 2. The molecule has 0 amide bonds. The van der Waals surface area contributed by atoms with Gasteiger partial charge in [0.15, 0.2) is 0 Å². The zero-order valence-corrected chi connectivity index (χ0v) is 18.3. The van der Waals surface area contributed by atoms with E-state index in [9.17, 15) is 4.39 Å². The molecular weight excluding hydrogens is 432 g/mol. The second-order valence-electron chi connectivity index (χ2n) is 7.30. The Bertz CT molecular complexity index is 1160. The van der Waals surface area contributed by atoms with Crippen LogP contribution in [0, 0.1) is 5.82 Å². The number of anilines is 2. The van der Waals surface area contributed by atoms with Gasteiger partial charge in [0.2, 0.25) is 0 Å².